The highest BCUT2D eigenvalue weighted by molar-refractivity contribution is 7.10. The number of aryl methyl sites for hydroxylation is 2. The molecule has 7 heteroatoms. The summed E-state index contributed by atoms with van der Waals surface area (Å²) in [6.07, 6.45) is 0.896. The van der Waals surface area contributed by atoms with E-state index >= 15 is 0 Å². The van der Waals surface area contributed by atoms with Gasteiger partial charge in [-0.1, -0.05) is 0 Å². The van der Waals surface area contributed by atoms with Crippen molar-refractivity contribution in [2.24, 2.45) is 0 Å². The van der Waals surface area contributed by atoms with Gasteiger partial charge in [-0.05, 0) is 50.3 Å². The molecule has 3 aromatic rings. The van der Waals surface area contributed by atoms with Gasteiger partial charge in [0.2, 0.25) is 5.82 Å². The second-order valence-electron chi connectivity index (χ2n) is 5.91. The molecule has 1 aliphatic rings. The van der Waals surface area contributed by atoms with Crippen LogP contribution in [-0.2, 0) is 6.42 Å². The van der Waals surface area contributed by atoms with Gasteiger partial charge in [0.05, 0.1) is 6.04 Å². The second kappa shape index (κ2) is 5.13. The molecule has 0 radical (unpaired) electrons. The third-order valence-electron chi connectivity index (χ3n) is 4.35. The lowest BCUT2D eigenvalue weighted by molar-refractivity contribution is 0.0667. The van der Waals surface area contributed by atoms with Crippen LogP contribution in [0.3, 0.4) is 0 Å². The predicted octanol–water partition coefficient (Wildman–Crippen LogP) is 2.56. The number of thiophene rings is 1. The van der Waals surface area contributed by atoms with Crippen LogP contribution in [0.1, 0.15) is 45.4 Å². The zero-order chi connectivity index (χ0) is 16.1. The molecule has 0 aromatic carbocycles. The molecule has 1 aliphatic heterocycles. The summed E-state index contributed by atoms with van der Waals surface area (Å²) in [5.74, 6) is 0.570. The Morgan fingerprint density at radius 2 is 2.17 bits per heavy atom. The Balaban J connectivity index is 1.71. The number of carbonyl (C=O) groups excluding carboxylic acids is 1. The van der Waals surface area contributed by atoms with Gasteiger partial charge in [0, 0.05) is 22.8 Å². The zero-order valence-corrected chi connectivity index (χ0v) is 14.1. The molecular formula is C16H17N5OS. The maximum Gasteiger partial charge on any atom is 0.294 e. The molecule has 6 nitrogen and oxygen atoms in total. The molecule has 1 atom stereocenters. The molecule has 0 saturated heterocycles. The Hall–Kier alpha value is -2.28. The fourth-order valence-corrected chi connectivity index (χ4v) is 4.13. The van der Waals surface area contributed by atoms with Crippen LogP contribution < -0.4 is 0 Å². The van der Waals surface area contributed by atoms with E-state index in [1.165, 1.54) is 10.4 Å². The van der Waals surface area contributed by atoms with Crippen LogP contribution in [0.15, 0.2) is 17.5 Å². The normalized spacial score (nSPS) is 17.5. The van der Waals surface area contributed by atoms with Crippen molar-refractivity contribution in [1.82, 2.24) is 24.5 Å². The fraction of sp³-hybridized carbons (Fsp3) is 0.375. The number of rotatable bonds is 1. The number of aromatic nitrogens is 4. The van der Waals surface area contributed by atoms with Crippen LogP contribution in [0.4, 0.5) is 0 Å². The molecule has 3 aromatic heterocycles. The van der Waals surface area contributed by atoms with Gasteiger partial charge in [-0.2, -0.15) is 4.98 Å². The molecule has 1 unspecified atom stereocenters. The van der Waals surface area contributed by atoms with Gasteiger partial charge in [-0.3, -0.25) is 4.79 Å². The molecular weight excluding hydrogens is 310 g/mol. The summed E-state index contributed by atoms with van der Waals surface area (Å²) in [6, 6.07) is 4.09. The molecule has 0 fully saturated rings. The molecule has 0 N–H and O–H groups in total. The minimum absolute atomic E-state index is 0.0555. The quantitative estimate of drug-likeness (QED) is 0.689. The lowest BCUT2D eigenvalue weighted by atomic mass is 10.0. The van der Waals surface area contributed by atoms with Gasteiger partial charge < -0.3 is 4.90 Å². The van der Waals surface area contributed by atoms with Gasteiger partial charge >= 0.3 is 0 Å². The van der Waals surface area contributed by atoms with Crippen molar-refractivity contribution < 1.29 is 4.79 Å². The summed E-state index contributed by atoms with van der Waals surface area (Å²) in [5.41, 5.74) is 3.03. The maximum atomic E-state index is 12.9. The summed E-state index contributed by atoms with van der Waals surface area (Å²) in [5, 5.41) is 6.45. The standard InChI is InChI=1S/C16H17N5OS/c1-9-8-10(2)21-16(17-9)18-14(19-21)15(22)20-6-4-13-12(11(20)3)5-7-23-13/h5,7-8,11H,4,6H2,1-3H3. The van der Waals surface area contributed by atoms with E-state index in [2.05, 4.69) is 33.4 Å². The number of carbonyl (C=O) groups is 1. The number of amides is 1. The van der Waals surface area contributed by atoms with E-state index in [0.717, 1.165) is 17.8 Å². The SMILES string of the molecule is Cc1cc(C)n2nc(C(=O)N3CCc4sccc4C3C)nc2n1. The molecule has 23 heavy (non-hydrogen) atoms. The van der Waals surface area contributed by atoms with Crippen molar-refractivity contribution in [3.63, 3.8) is 0 Å². The second-order valence-corrected chi connectivity index (χ2v) is 6.91. The molecule has 0 bridgehead atoms. The number of fused-ring (bicyclic) bond motifs is 2. The molecule has 0 saturated carbocycles. The minimum atomic E-state index is -0.128. The molecule has 1 amide bonds. The van der Waals surface area contributed by atoms with Crippen LogP contribution in [0.25, 0.3) is 5.78 Å². The van der Waals surface area contributed by atoms with Crippen LogP contribution in [0.2, 0.25) is 0 Å². The van der Waals surface area contributed by atoms with E-state index in [1.54, 1.807) is 15.9 Å². The Morgan fingerprint density at radius 1 is 1.35 bits per heavy atom. The first kappa shape index (κ1) is 14.3. The summed E-state index contributed by atoms with van der Waals surface area (Å²) in [7, 11) is 0. The first-order chi connectivity index (χ1) is 11.0. The lowest BCUT2D eigenvalue weighted by Gasteiger charge is -2.32. The maximum absolute atomic E-state index is 12.9. The smallest absolute Gasteiger partial charge is 0.294 e. The van der Waals surface area contributed by atoms with Crippen LogP contribution >= 0.6 is 11.3 Å². The highest BCUT2D eigenvalue weighted by atomic mass is 32.1. The van der Waals surface area contributed by atoms with Crippen molar-refractivity contribution in [1.29, 1.82) is 0 Å². The molecule has 4 heterocycles. The van der Waals surface area contributed by atoms with Crippen LogP contribution in [0, 0.1) is 13.8 Å². The third kappa shape index (κ3) is 2.23. The summed E-state index contributed by atoms with van der Waals surface area (Å²) in [4.78, 5) is 24.8. The van der Waals surface area contributed by atoms with Crippen LogP contribution in [0.5, 0.6) is 0 Å². The molecule has 0 aliphatic carbocycles. The third-order valence-corrected chi connectivity index (χ3v) is 5.34. The Kier molecular flexibility index (Phi) is 3.19. The van der Waals surface area contributed by atoms with E-state index in [9.17, 15) is 4.79 Å². The van der Waals surface area contributed by atoms with Gasteiger partial charge in [0.15, 0.2) is 0 Å². The van der Waals surface area contributed by atoms with Crippen molar-refractivity contribution in [3.05, 3.63) is 45.2 Å². The number of hydrogen-bond acceptors (Lipinski definition) is 5. The molecule has 0 spiro atoms. The first-order valence-corrected chi connectivity index (χ1v) is 8.51. The van der Waals surface area contributed by atoms with Crippen LogP contribution in [-0.4, -0.2) is 36.9 Å². The monoisotopic (exact) mass is 327 g/mol. The summed E-state index contributed by atoms with van der Waals surface area (Å²) in [6.45, 7) is 6.61. The van der Waals surface area contributed by atoms with Crippen molar-refractivity contribution in [2.45, 2.75) is 33.2 Å². The predicted molar refractivity (Wildman–Crippen MR) is 87.7 cm³/mol. The average molecular weight is 327 g/mol. The fourth-order valence-electron chi connectivity index (χ4n) is 3.17. The summed E-state index contributed by atoms with van der Waals surface area (Å²) >= 11 is 1.76. The van der Waals surface area contributed by atoms with Gasteiger partial charge in [-0.15, -0.1) is 16.4 Å². The van der Waals surface area contributed by atoms with Gasteiger partial charge in [0.25, 0.3) is 11.7 Å². The van der Waals surface area contributed by atoms with E-state index in [1.807, 2.05) is 24.8 Å². The van der Waals surface area contributed by atoms with Crippen molar-refractivity contribution in [2.75, 3.05) is 6.54 Å². The Morgan fingerprint density at radius 3 is 3.00 bits per heavy atom. The first-order valence-electron chi connectivity index (χ1n) is 7.63. The van der Waals surface area contributed by atoms with Crippen molar-refractivity contribution in [3.8, 4) is 0 Å². The zero-order valence-electron chi connectivity index (χ0n) is 13.3. The number of nitrogens with zero attached hydrogens (tertiary/aromatic N) is 5. The number of hydrogen-bond donors (Lipinski definition) is 0. The lowest BCUT2D eigenvalue weighted by Crippen LogP contribution is -2.38. The van der Waals surface area contributed by atoms with Crippen molar-refractivity contribution >= 4 is 23.0 Å². The Labute approximate surface area is 137 Å². The minimum Gasteiger partial charge on any atom is -0.329 e. The average Bonchev–Trinajstić information content (AvgIpc) is 3.13. The molecule has 4 rings (SSSR count). The van der Waals surface area contributed by atoms with E-state index in [-0.39, 0.29) is 17.8 Å². The van der Waals surface area contributed by atoms with E-state index < -0.39 is 0 Å². The van der Waals surface area contributed by atoms with Gasteiger partial charge in [-0.25, -0.2) is 9.50 Å². The molecule has 118 valence electrons. The summed E-state index contributed by atoms with van der Waals surface area (Å²) < 4.78 is 1.63. The van der Waals surface area contributed by atoms with Gasteiger partial charge in [0.1, 0.15) is 0 Å². The highest BCUT2D eigenvalue weighted by Crippen LogP contribution is 2.33. The van der Waals surface area contributed by atoms with E-state index in [4.69, 9.17) is 0 Å². The van der Waals surface area contributed by atoms with E-state index in [0.29, 0.717) is 12.3 Å². The highest BCUT2D eigenvalue weighted by Gasteiger charge is 2.31. The largest absolute Gasteiger partial charge is 0.329 e. The Bertz CT molecular complexity index is 912. The topological polar surface area (TPSA) is 63.4 Å².